The van der Waals surface area contributed by atoms with E-state index < -0.39 is 11.9 Å². The number of ether oxygens (including phenoxy) is 1. The molecule has 8 heteroatoms. The molecule has 3 fully saturated rings. The normalized spacial score (nSPS) is 25.0. The molecule has 2 amide bonds. The number of piperidine rings is 1. The summed E-state index contributed by atoms with van der Waals surface area (Å²) in [6.07, 6.45) is 12.0. The maximum atomic E-state index is 13.1. The molecule has 0 spiro atoms. The first-order valence-corrected chi connectivity index (χ1v) is 14.2. The second-order valence-electron chi connectivity index (χ2n) is 11.6. The van der Waals surface area contributed by atoms with E-state index in [4.69, 9.17) is 4.74 Å². The van der Waals surface area contributed by atoms with E-state index in [1.54, 1.807) is 16.2 Å². The van der Waals surface area contributed by atoms with Crippen molar-refractivity contribution in [1.29, 1.82) is 0 Å². The van der Waals surface area contributed by atoms with E-state index in [2.05, 4.69) is 23.3 Å². The zero-order valence-corrected chi connectivity index (χ0v) is 22.4. The van der Waals surface area contributed by atoms with E-state index in [1.165, 1.54) is 38.6 Å². The second kappa shape index (κ2) is 11.5. The predicted molar refractivity (Wildman–Crippen MR) is 143 cm³/mol. The SMILES string of the molecule is CN(CCCO[C@H]1C[C@H](Cc2cccc3c2n(C)c(=O)n3C2CCC(=O)NC2=O)C1)CC1CCCCC1. The first-order valence-electron chi connectivity index (χ1n) is 14.2. The highest BCUT2D eigenvalue weighted by Crippen LogP contribution is 2.35. The summed E-state index contributed by atoms with van der Waals surface area (Å²) in [5.74, 6) is 0.759. The first-order chi connectivity index (χ1) is 17.9. The minimum absolute atomic E-state index is 0.208. The summed E-state index contributed by atoms with van der Waals surface area (Å²) >= 11 is 0. The van der Waals surface area contributed by atoms with Crippen LogP contribution in [-0.4, -0.2) is 58.7 Å². The van der Waals surface area contributed by atoms with Crippen LogP contribution in [0.1, 0.15) is 75.8 Å². The molecular formula is C29H42N4O4. The van der Waals surface area contributed by atoms with Gasteiger partial charge in [-0.25, -0.2) is 4.79 Å². The molecule has 2 aromatic rings. The first kappa shape index (κ1) is 26.2. The molecule has 3 aliphatic rings. The quantitative estimate of drug-likeness (QED) is 0.390. The number of imidazole rings is 1. The molecule has 1 N–H and O–H groups in total. The molecule has 2 saturated carbocycles. The van der Waals surface area contributed by atoms with Gasteiger partial charge in [0.15, 0.2) is 0 Å². The lowest BCUT2D eigenvalue weighted by Crippen LogP contribution is -2.44. The molecule has 1 aromatic carbocycles. The Bertz CT molecular complexity index is 1170. The number of hydrogen-bond donors (Lipinski definition) is 1. The summed E-state index contributed by atoms with van der Waals surface area (Å²) in [7, 11) is 4.02. The highest BCUT2D eigenvalue weighted by Gasteiger charge is 2.33. The Hall–Kier alpha value is -2.45. The van der Waals surface area contributed by atoms with Crippen molar-refractivity contribution in [3.63, 3.8) is 0 Å². The Morgan fingerprint density at radius 1 is 1.05 bits per heavy atom. The zero-order valence-electron chi connectivity index (χ0n) is 22.4. The van der Waals surface area contributed by atoms with Gasteiger partial charge in [0, 0.05) is 33.2 Å². The number of hydrogen-bond acceptors (Lipinski definition) is 5. The van der Waals surface area contributed by atoms with Crippen LogP contribution in [0.2, 0.25) is 0 Å². The number of carbonyl (C=O) groups is 2. The van der Waals surface area contributed by atoms with Crippen LogP contribution in [0.5, 0.6) is 0 Å². The van der Waals surface area contributed by atoms with Crippen molar-refractivity contribution in [2.45, 2.75) is 82.8 Å². The molecule has 5 rings (SSSR count). The summed E-state index contributed by atoms with van der Waals surface area (Å²) in [5.41, 5.74) is 2.59. The Kier molecular flexibility index (Phi) is 8.15. The number of aryl methyl sites for hydroxylation is 1. The summed E-state index contributed by atoms with van der Waals surface area (Å²) in [6, 6.07) is 5.32. The molecule has 2 aliphatic carbocycles. The monoisotopic (exact) mass is 510 g/mol. The maximum absolute atomic E-state index is 13.1. The lowest BCUT2D eigenvalue weighted by molar-refractivity contribution is -0.135. The molecule has 1 saturated heterocycles. The lowest BCUT2D eigenvalue weighted by atomic mass is 9.78. The Balaban J connectivity index is 1.12. The fraction of sp³-hybridized carbons (Fsp3) is 0.690. The molecular weight excluding hydrogens is 468 g/mol. The standard InChI is InChI=1S/C29H42N4O4/c1-31(19-20-8-4-3-5-9-20)14-7-15-37-23-17-21(18-23)16-22-10-6-11-24-27(22)32(2)29(36)33(24)25-12-13-26(34)30-28(25)35/h6,10-11,20-21,23,25H,3-5,7-9,12-19H2,1-2H3,(H,30,34,35)/t21-,23-,25?. The van der Waals surface area contributed by atoms with Crippen molar-refractivity contribution in [1.82, 2.24) is 19.4 Å². The van der Waals surface area contributed by atoms with Crippen LogP contribution >= 0.6 is 0 Å². The smallest absolute Gasteiger partial charge is 0.329 e. The number of imide groups is 1. The van der Waals surface area contributed by atoms with Crippen molar-refractivity contribution in [2.75, 3.05) is 26.7 Å². The van der Waals surface area contributed by atoms with Gasteiger partial charge in [-0.1, -0.05) is 31.4 Å². The Morgan fingerprint density at radius 3 is 2.59 bits per heavy atom. The second-order valence-corrected chi connectivity index (χ2v) is 11.6. The van der Waals surface area contributed by atoms with Gasteiger partial charge in [-0.2, -0.15) is 0 Å². The Morgan fingerprint density at radius 2 is 1.84 bits per heavy atom. The average molecular weight is 511 g/mol. The molecule has 1 aromatic heterocycles. The average Bonchev–Trinajstić information content (AvgIpc) is 3.11. The van der Waals surface area contributed by atoms with E-state index in [-0.39, 0.29) is 18.0 Å². The molecule has 37 heavy (non-hydrogen) atoms. The van der Waals surface area contributed by atoms with Crippen molar-refractivity contribution in [2.24, 2.45) is 18.9 Å². The number of rotatable bonds is 10. The summed E-state index contributed by atoms with van der Waals surface area (Å²) in [4.78, 5) is 39.7. The minimum Gasteiger partial charge on any atom is -0.378 e. The van der Waals surface area contributed by atoms with Gasteiger partial charge in [-0.15, -0.1) is 0 Å². The third-order valence-electron chi connectivity index (χ3n) is 8.74. The fourth-order valence-electron chi connectivity index (χ4n) is 6.69. The van der Waals surface area contributed by atoms with E-state index >= 15 is 0 Å². The molecule has 1 unspecified atom stereocenters. The molecule has 1 aliphatic heterocycles. The van der Waals surface area contributed by atoms with Gasteiger partial charge < -0.3 is 9.64 Å². The van der Waals surface area contributed by atoms with Gasteiger partial charge in [0.1, 0.15) is 6.04 Å². The van der Waals surface area contributed by atoms with Crippen molar-refractivity contribution < 1.29 is 14.3 Å². The Labute approximate surface area is 219 Å². The number of benzene rings is 1. The van der Waals surface area contributed by atoms with Crippen molar-refractivity contribution >= 4 is 22.8 Å². The maximum Gasteiger partial charge on any atom is 0.329 e. The molecule has 2 heterocycles. The zero-order chi connectivity index (χ0) is 25.9. The number of carbonyl (C=O) groups excluding carboxylic acids is 2. The van der Waals surface area contributed by atoms with Gasteiger partial charge in [-0.05, 0) is 75.5 Å². The van der Waals surface area contributed by atoms with Crippen molar-refractivity contribution in [3.8, 4) is 0 Å². The topological polar surface area (TPSA) is 85.6 Å². The summed E-state index contributed by atoms with van der Waals surface area (Å²) < 4.78 is 9.39. The molecule has 1 atom stereocenters. The third-order valence-corrected chi connectivity index (χ3v) is 8.74. The molecule has 0 bridgehead atoms. The molecule has 0 radical (unpaired) electrons. The number of aromatic nitrogens is 2. The number of nitrogens with zero attached hydrogens (tertiary/aromatic N) is 3. The van der Waals surface area contributed by atoms with E-state index in [0.29, 0.717) is 18.4 Å². The summed E-state index contributed by atoms with van der Waals surface area (Å²) in [6.45, 7) is 3.16. The van der Waals surface area contributed by atoms with Gasteiger partial charge >= 0.3 is 5.69 Å². The number of fused-ring (bicyclic) bond motifs is 1. The van der Waals surface area contributed by atoms with Crippen LogP contribution in [0.4, 0.5) is 0 Å². The highest BCUT2D eigenvalue weighted by atomic mass is 16.5. The van der Waals surface area contributed by atoms with Crippen LogP contribution in [0.15, 0.2) is 23.0 Å². The van der Waals surface area contributed by atoms with E-state index in [1.807, 2.05) is 12.1 Å². The van der Waals surface area contributed by atoms with Crippen LogP contribution < -0.4 is 11.0 Å². The van der Waals surface area contributed by atoms with Crippen LogP contribution in [0.25, 0.3) is 11.0 Å². The van der Waals surface area contributed by atoms with Gasteiger partial charge in [0.25, 0.3) is 0 Å². The van der Waals surface area contributed by atoms with Gasteiger partial charge in [0.2, 0.25) is 11.8 Å². The number of para-hydroxylation sites is 1. The van der Waals surface area contributed by atoms with Gasteiger partial charge in [-0.3, -0.25) is 24.0 Å². The largest absolute Gasteiger partial charge is 0.378 e. The van der Waals surface area contributed by atoms with Crippen molar-refractivity contribution in [3.05, 3.63) is 34.2 Å². The van der Waals surface area contributed by atoms with Crippen LogP contribution in [-0.2, 0) is 27.8 Å². The molecule has 8 nitrogen and oxygen atoms in total. The third kappa shape index (κ3) is 5.85. The predicted octanol–water partition coefficient (Wildman–Crippen LogP) is 3.56. The number of nitrogens with one attached hydrogen (secondary N) is 1. The van der Waals surface area contributed by atoms with E-state index in [9.17, 15) is 14.4 Å². The summed E-state index contributed by atoms with van der Waals surface area (Å²) in [5, 5.41) is 2.38. The fourth-order valence-corrected chi connectivity index (χ4v) is 6.69. The minimum atomic E-state index is -0.646. The van der Waals surface area contributed by atoms with Gasteiger partial charge in [0.05, 0.1) is 17.1 Å². The van der Waals surface area contributed by atoms with Crippen LogP contribution in [0.3, 0.4) is 0 Å². The number of amides is 2. The van der Waals surface area contributed by atoms with E-state index in [0.717, 1.165) is 61.3 Å². The van der Waals surface area contributed by atoms with Crippen LogP contribution in [0, 0.1) is 11.8 Å². The lowest BCUT2D eigenvalue weighted by Gasteiger charge is -2.35. The molecule has 202 valence electrons. The highest BCUT2D eigenvalue weighted by molar-refractivity contribution is 6.00.